The molecule has 0 radical (unpaired) electrons. The normalized spacial score (nSPS) is 13.2. The van der Waals surface area contributed by atoms with E-state index in [0.29, 0.717) is 25.2 Å². The van der Waals surface area contributed by atoms with Gasteiger partial charge in [-0.25, -0.2) is 8.78 Å². The topological polar surface area (TPSA) is 26.3 Å². The fraction of sp³-hybridized carbons (Fsp3) is 0.933. The van der Waals surface area contributed by atoms with Crippen LogP contribution in [0.2, 0.25) is 0 Å². The molecule has 0 amide bonds. The molecule has 0 aliphatic rings. The van der Waals surface area contributed by atoms with Crippen LogP contribution in [0.4, 0.5) is 8.78 Å². The summed E-state index contributed by atoms with van der Waals surface area (Å²) in [4.78, 5) is 11.8. The second-order valence-corrected chi connectivity index (χ2v) is 6.27. The SMILES string of the molecule is CCCCC(SCCCC(F)(F)CCC)C(=O)OCC. The summed E-state index contributed by atoms with van der Waals surface area (Å²) in [6.45, 7) is 5.99. The Kier molecular flexibility index (Phi) is 11.2. The number of hydrogen-bond donors (Lipinski definition) is 0. The van der Waals surface area contributed by atoms with Crippen molar-refractivity contribution in [1.29, 1.82) is 0 Å². The highest BCUT2D eigenvalue weighted by Crippen LogP contribution is 2.28. The zero-order valence-corrected chi connectivity index (χ0v) is 13.7. The van der Waals surface area contributed by atoms with Crippen molar-refractivity contribution in [1.82, 2.24) is 0 Å². The molecule has 1 unspecified atom stereocenters. The van der Waals surface area contributed by atoms with Crippen LogP contribution >= 0.6 is 11.8 Å². The number of unbranched alkanes of at least 4 members (excludes halogenated alkanes) is 1. The molecule has 0 saturated carbocycles. The first-order valence-corrected chi connectivity index (χ1v) is 8.67. The van der Waals surface area contributed by atoms with E-state index in [0.717, 1.165) is 19.3 Å². The Morgan fingerprint density at radius 1 is 1.15 bits per heavy atom. The second-order valence-electron chi connectivity index (χ2n) is 4.96. The maximum atomic E-state index is 13.3. The first kappa shape index (κ1) is 19.7. The van der Waals surface area contributed by atoms with E-state index >= 15 is 0 Å². The average Bonchev–Trinajstić information content (AvgIpc) is 2.38. The Bertz CT molecular complexity index is 260. The van der Waals surface area contributed by atoms with Gasteiger partial charge in [-0.1, -0.05) is 33.1 Å². The summed E-state index contributed by atoms with van der Waals surface area (Å²) in [6.07, 6.45) is 3.56. The Balaban J connectivity index is 4.03. The number of hydrogen-bond acceptors (Lipinski definition) is 3. The number of thioether (sulfide) groups is 1. The van der Waals surface area contributed by atoms with Gasteiger partial charge in [-0.3, -0.25) is 4.79 Å². The summed E-state index contributed by atoms with van der Waals surface area (Å²) >= 11 is 1.46. The van der Waals surface area contributed by atoms with Gasteiger partial charge in [0.2, 0.25) is 5.92 Å². The lowest BCUT2D eigenvalue weighted by Crippen LogP contribution is -2.21. The smallest absolute Gasteiger partial charge is 0.319 e. The lowest BCUT2D eigenvalue weighted by Gasteiger charge is -2.17. The van der Waals surface area contributed by atoms with Crippen LogP contribution in [0.25, 0.3) is 0 Å². The molecule has 0 rings (SSSR count). The fourth-order valence-electron chi connectivity index (χ4n) is 1.94. The second kappa shape index (κ2) is 11.4. The van der Waals surface area contributed by atoms with Gasteiger partial charge in [0, 0.05) is 12.8 Å². The zero-order valence-electron chi connectivity index (χ0n) is 12.9. The maximum Gasteiger partial charge on any atom is 0.319 e. The van der Waals surface area contributed by atoms with E-state index in [2.05, 4.69) is 6.92 Å². The van der Waals surface area contributed by atoms with E-state index in [1.807, 2.05) is 0 Å². The van der Waals surface area contributed by atoms with Gasteiger partial charge in [-0.15, -0.1) is 11.8 Å². The molecule has 20 heavy (non-hydrogen) atoms. The van der Waals surface area contributed by atoms with Crippen LogP contribution in [0.3, 0.4) is 0 Å². The number of carbonyl (C=O) groups is 1. The van der Waals surface area contributed by atoms with E-state index in [9.17, 15) is 13.6 Å². The number of halogens is 2. The number of carbonyl (C=O) groups excluding carboxylic acids is 1. The van der Waals surface area contributed by atoms with E-state index < -0.39 is 5.92 Å². The van der Waals surface area contributed by atoms with Crippen molar-refractivity contribution >= 4 is 17.7 Å². The van der Waals surface area contributed by atoms with Gasteiger partial charge in [0.1, 0.15) is 5.25 Å². The Labute approximate surface area is 126 Å². The first-order chi connectivity index (χ1) is 9.46. The van der Waals surface area contributed by atoms with Crippen LogP contribution in [-0.2, 0) is 9.53 Å². The highest BCUT2D eigenvalue weighted by Gasteiger charge is 2.27. The van der Waals surface area contributed by atoms with Crippen LogP contribution in [0, 0.1) is 0 Å². The Morgan fingerprint density at radius 2 is 1.85 bits per heavy atom. The van der Waals surface area contributed by atoms with Gasteiger partial charge in [-0.2, -0.15) is 0 Å². The molecule has 0 bridgehead atoms. The van der Waals surface area contributed by atoms with Crippen LogP contribution in [0.15, 0.2) is 0 Å². The van der Waals surface area contributed by atoms with Crippen molar-refractivity contribution in [3.05, 3.63) is 0 Å². The molecule has 0 aromatic carbocycles. The molecule has 2 nitrogen and oxygen atoms in total. The van der Waals surface area contributed by atoms with E-state index in [1.165, 1.54) is 11.8 Å². The highest BCUT2D eigenvalue weighted by atomic mass is 32.2. The van der Waals surface area contributed by atoms with Crippen molar-refractivity contribution in [3.8, 4) is 0 Å². The predicted molar refractivity (Wildman–Crippen MR) is 81.5 cm³/mol. The molecular formula is C15H28F2O2S. The molecule has 0 spiro atoms. The maximum absolute atomic E-state index is 13.3. The van der Waals surface area contributed by atoms with Crippen molar-refractivity contribution in [3.63, 3.8) is 0 Å². The predicted octanol–water partition coefficient (Wildman–Crippen LogP) is 5.06. The number of rotatable bonds is 12. The first-order valence-electron chi connectivity index (χ1n) is 7.62. The third kappa shape index (κ3) is 9.56. The largest absolute Gasteiger partial charge is 0.465 e. The minimum Gasteiger partial charge on any atom is -0.465 e. The van der Waals surface area contributed by atoms with E-state index in [4.69, 9.17) is 4.74 Å². The molecule has 0 aromatic rings. The molecule has 0 N–H and O–H groups in total. The monoisotopic (exact) mass is 310 g/mol. The van der Waals surface area contributed by atoms with Crippen LogP contribution in [-0.4, -0.2) is 29.5 Å². The zero-order chi connectivity index (χ0) is 15.4. The Morgan fingerprint density at radius 3 is 2.40 bits per heavy atom. The van der Waals surface area contributed by atoms with Crippen molar-refractivity contribution in [2.24, 2.45) is 0 Å². The molecule has 0 aliphatic heterocycles. The molecule has 0 saturated heterocycles. The molecule has 0 aromatic heterocycles. The van der Waals surface area contributed by atoms with Gasteiger partial charge >= 0.3 is 5.97 Å². The van der Waals surface area contributed by atoms with Crippen molar-refractivity contribution in [2.45, 2.75) is 76.9 Å². The van der Waals surface area contributed by atoms with Gasteiger partial charge in [-0.05, 0) is 25.5 Å². The number of ether oxygens (including phenoxy) is 1. The summed E-state index contributed by atoms with van der Waals surface area (Å²) in [5, 5.41) is -0.199. The van der Waals surface area contributed by atoms with Crippen LogP contribution < -0.4 is 0 Å². The summed E-state index contributed by atoms with van der Waals surface area (Å²) in [5.41, 5.74) is 0. The third-order valence-electron chi connectivity index (χ3n) is 2.99. The van der Waals surface area contributed by atoms with Crippen LogP contribution in [0.1, 0.15) is 65.7 Å². The average molecular weight is 310 g/mol. The molecule has 5 heteroatoms. The quantitative estimate of drug-likeness (QED) is 0.372. The van der Waals surface area contributed by atoms with Crippen molar-refractivity contribution in [2.75, 3.05) is 12.4 Å². The fourth-order valence-corrected chi connectivity index (χ4v) is 3.07. The lowest BCUT2D eigenvalue weighted by molar-refractivity contribution is -0.142. The van der Waals surface area contributed by atoms with E-state index in [1.54, 1.807) is 13.8 Å². The van der Waals surface area contributed by atoms with Gasteiger partial charge < -0.3 is 4.74 Å². The molecule has 0 heterocycles. The third-order valence-corrected chi connectivity index (χ3v) is 4.35. The minimum absolute atomic E-state index is 0.0468. The highest BCUT2D eigenvalue weighted by molar-refractivity contribution is 8.00. The molecular weight excluding hydrogens is 282 g/mol. The summed E-state index contributed by atoms with van der Waals surface area (Å²) < 4.78 is 31.7. The molecule has 120 valence electrons. The number of alkyl halides is 2. The van der Waals surface area contributed by atoms with Crippen molar-refractivity contribution < 1.29 is 18.3 Å². The summed E-state index contributed by atoms with van der Waals surface area (Å²) in [6, 6.07) is 0. The number of esters is 1. The minimum atomic E-state index is -2.56. The van der Waals surface area contributed by atoms with Crippen LogP contribution in [0.5, 0.6) is 0 Å². The summed E-state index contributed by atoms with van der Waals surface area (Å²) in [7, 11) is 0. The lowest BCUT2D eigenvalue weighted by atomic mass is 10.1. The van der Waals surface area contributed by atoms with Gasteiger partial charge in [0.25, 0.3) is 0 Å². The Hall–Kier alpha value is -0.320. The standard InChI is InChI=1S/C15H28F2O2S/c1-4-7-9-13(14(18)19-6-3)20-12-8-11-15(16,17)10-5-2/h13H,4-12H2,1-3H3. The molecule has 0 fully saturated rings. The van der Waals surface area contributed by atoms with Gasteiger partial charge in [0.05, 0.1) is 6.61 Å². The van der Waals surface area contributed by atoms with E-state index in [-0.39, 0.29) is 24.1 Å². The molecule has 1 atom stereocenters. The molecule has 0 aliphatic carbocycles. The summed E-state index contributed by atoms with van der Waals surface area (Å²) in [5.74, 6) is -2.17. The van der Waals surface area contributed by atoms with Gasteiger partial charge in [0.15, 0.2) is 0 Å².